The molecule has 6 aliphatic rings. The minimum absolute atomic E-state index is 0.136. The van der Waals surface area contributed by atoms with Gasteiger partial charge in [-0.2, -0.15) is 0 Å². The average Bonchev–Trinajstić information content (AvgIpc) is 3.81. The fourth-order valence-electron chi connectivity index (χ4n) is 13.0. The van der Waals surface area contributed by atoms with Crippen LogP contribution >= 0.6 is 11.3 Å². The molecule has 2 heterocycles. The van der Waals surface area contributed by atoms with Crippen molar-refractivity contribution in [2.75, 3.05) is 4.90 Å². The highest BCUT2D eigenvalue weighted by atomic mass is 32.1. The second-order valence-electron chi connectivity index (χ2n) is 16.1. The first-order valence-corrected chi connectivity index (χ1v) is 19.4. The number of hydrogen-bond donors (Lipinski definition) is 0. The smallest absolute Gasteiger partial charge is 0.137 e. The highest BCUT2D eigenvalue weighted by molar-refractivity contribution is 7.25. The van der Waals surface area contributed by atoms with Gasteiger partial charge in [0.05, 0.1) is 5.69 Å². The molecule has 0 N–H and O–H groups in total. The highest BCUT2D eigenvalue weighted by Crippen LogP contribution is 2.84. The van der Waals surface area contributed by atoms with Crippen LogP contribution < -0.4 is 4.90 Å². The summed E-state index contributed by atoms with van der Waals surface area (Å²) in [5.41, 5.74) is 12.2. The monoisotopic (exact) mass is 661 g/mol. The summed E-state index contributed by atoms with van der Waals surface area (Å²) in [6.07, 6.45) is 7.18. The summed E-state index contributed by atoms with van der Waals surface area (Å²) in [6.45, 7) is 0. The molecule has 2 nitrogen and oxygen atoms in total. The lowest BCUT2D eigenvalue weighted by Gasteiger charge is -2.67. The molecule has 2 spiro atoms. The molecule has 2 aromatic heterocycles. The molecule has 6 aliphatic carbocycles. The van der Waals surface area contributed by atoms with Crippen molar-refractivity contribution in [1.82, 2.24) is 0 Å². The Bertz CT molecular complexity index is 2650. The van der Waals surface area contributed by atoms with Crippen LogP contribution in [0.2, 0.25) is 0 Å². The van der Waals surface area contributed by atoms with E-state index >= 15 is 0 Å². The average molecular weight is 662 g/mol. The second-order valence-corrected chi connectivity index (χ2v) is 17.2. The topological polar surface area (TPSA) is 16.4 Å². The maximum absolute atomic E-state index is 6.52. The summed E-state index contributed by atoms with van der Waals surface area (Å²) in [5.74, 6) is 3.53. The molecule has 50 heavy (non-hydrogen) atoms. The maximum Gasteiger partial charge on any atom is 0.137 e. The van der Waals surface area contributed by atoms with Crippen molar-refractivity contribution >= 4 is 70.5 Å². The van der Waals surface area contributed by atoms with Gasteiger partial charge in [-0.1, -0.05) is 78.9 Å². The summed E-state index contributed by atoms with van der Waals surface area (Å²) < 4.78 is 9.18. The maximum atomic E-state index is 6.52. The van der Waals surface area contributed by atoms with Crippen molar-refractivity contribution < 1.29 is 4.42 Å². The molecular formula is C47H35NOS. The van der Waals surface area contributed by atoms with Gasteiger partial charge in [-0.25, -0.2) is 0 Å². The fourth-order valence-corrected chi connectivity index (χ4v) is 14.1. The molecule has 6 aromatic carbocycles. The number of hydrogen-bond acceptors (Lipinski definition) is 3. The van der Waals surface area contributed by atoms with Crippen molar-refractivity contribution in [2.24, 2.45) is 29.1 Å². The van der Waals surface area contributed by atoms with Crippen molar-refractivity contribution in [1.29, 1.82) is 0 Å². The van der Waals surface area contributed by atoms with Crippen LogP contribution in [0.15, 0.2) is 132 Å². The molecule has 0 amide bonds. The Morgan fingerprint density at radius 1 is 0.600 bits per heavy atom. The molecule has 5 saturated carbocycles. The Hall–Kier alpha value is -4.86. The molecule has 14 rings (SSSR count). The Kier molecular flexibility index (Phi) is 4.89. The van der Waals surface area contributed by atoms with Gasteiger partial charge in [0.2, 0.25) is 0 Å². The Morgan fingerprint density at radius 3 is 2.32 bits per heavy atom. The fraction of sp³-hybridized carbons (Fsp3) is 0.234. The number of thiophene rings is 1. The lowest BCUT2D eigenvalue weighted by Crippen LogP contribution is -2.62. The third-order valence-corrected chi connectivity index (χ3v) is 15.5. The summed E-state index contributed by atoms with van der Waals surface area (Å²) in [6, 6.07) is 48.1. The number of fused-ring (bicyclic) bond motifs is 9. The predicted molar refractivity (Wildman–Crippen MR) is 207 cm³/mol. The zero-order valence-electron chi connectivity index (χ0n) is 27.7. The standard InChI is InChI=1S/C47H35NOS/c1-4-11-37-36(10-1)45-38(47(37)29-21-27-20-28-26-46(47,25-27)39(28)22-29)12-7-13-40(45)48(30-16-18-33-32-8-2-5-14-41(32)49-42(33)23-30)31-17-19-35-34-9-3-6-15-43(34)50-44(35)24-31/h1-19,23-24,27-29,39H,20-22,25-26H2. The summed E-state index contributed by atoms with van der Waals surface area (Å²) in [5, 5.41) is 5.01. The number of para-hydroxylation sites is 1. The van der Waals surface area contributed by atoms with Gasteiger partial charge in [0, 0.05) is 59.4 Å². The molecular weight excluding hydrogens is 627 g/mol. The van der Waals surface area contributed by atoms with Gasteiger partial charge in [-0.15, -0.1) is 11.3 Å². The highest BCUT2D eigenvalue weighted by Gasteiger charge is 2.78. The normalized spacial score (nSPS) is 28.2. The molecule has 240 valence electrons. The second kappa shape index (κ2) is 9.08. The van der Waals surface area contributed by atoms with Crippen molar-refractivity contribution in [2.45, 2.75) is 37.5 Å². The Morgan fingerprint density at radius 2 is 1.36 bits per heavy atom. The van der Waals surface area contributed by atoms with Crippen LogP contribution in [0.3, 0.4) is 0 Å². The van der Waals surface area contributed by atoms with E-state index in [2.05, 4.69) is 132 Å². The van der Waals surface area contributed by atoms with Crippen molar-refractivity contribution in [3.8, 4) is 11.1 Å². The largest absolute Gasteiger partial charge is 0.456 e. The lowest BCUT2D eigenvalue weighted by molar-refractivity contribution is -0.140. The SMILES string of the molecule is c1ccc2c(c1)-c1c(N(c3ccc4c(c3)oc3ccccc34)c3ccc4c(c3)sc3ccccc34)cccc1C21C2CC3CC4CC1(C3)C4C2. The van der Waals surface area contributed by atoms with Crippen LogP contribution in [0.5, 0.6) is 0 Å². The first kappa shape index (κ1) is 26.9. The summed E-state index contributed by atoms with van der Waals surface area (Å²) >= 11 is 1.90. The molecule has 6 unspecified atom stereocenters. The van der Waals surface area contributed by atoms with Crippen molar-refractivity contribution in [3.63, 3.8) is 0 Å². The Balaban J connectivity index is 1.09. The van der Waals surface area contributed by atoms with Gasteiger partial charge >= 0.3 is 0 Å². The molecule has 8 aromatic rings. The van der Waals surface area contributed by atoms with E-state index in [-0.39, 0.29) is 5.41 Å². The van der Waals surface area contributed by atoms with E-state index < -0.39 is 0 Å². The van der Waals surface area contributed by atoms with E-state index in [1.54, 1.807) is 11.1 Å². The number of rotatable bonds is 3. The van der Waals surface area contributed by atoms with E-state index in [0.29, 0.717) is 5.41 Å². The first-order chi connectivity index (χ1) is 24.7. The number of nitrogens with zero attached hydrogens (tertiary/aromatic N) is 1. The third-order valence-electron chi connectivity index (χ3n) is 14.3. The van der Waals surface area contributed by atoms with Crippen LogP contribution in [-0.4, -0.2) is 0 Å². The number of furan rings is 1. The van der Waals surface area contributed by atoms with E-state index in [9.17, 15) is 0 Å². The molecule has 0 saturated heterocycles. The van der Waals surface area contributed by atoms with Gasteiger partial charge in [0.25, 0.3) is 0 Å². The lowest BCUT2D eigenvalue weighted by atomic mass is 9.36. The van der Waals surface area contributed by atoms with E-state index in [1.165, 1.54) is 85.6 Å². The zero-order valence-corrected chi connectivity index (χ0v) is 28.5. The van der Waals surface area contributed by atoms with Crippen molar-refractivity contribution in [3.05, 3.63) is 139 Å². The predicted octanol–water partition coefficient (Wildman–Crippen LogP) is 13.1. The molecule has 6 atom stereocenters. The Labute approximate surface area is 295 Å². The van der Waals surface area contributed by atoms with Crippen LogP contribution in [0, 0.1) is 29.1 Å². The van der Waals surface area contributed by atoms with Gasteiger partial charge < -0.3 is 9.32 Å². The van der Waals surface area contributed by atoms with E-state index in [1.807, 2.05) is 11.3 Å². The molecule has 5 fully saturated rings. The van der Waals surface area contributed by atoms with Gasteiger partial charge in [-0.05, 0) is 120 Å². The zero-order chi connectivity index (χ0) is 32.3. The van der Waals surface area contributed by atoms with E-state index in [0.717, 1.165) is 40.5 Å². The van der Waals surface area contributed by atoms with Crippen LogP contribution in [0.4, 0.5) is 17.1 Å². The molecule has 3 heteroatoms. The number of anilines is 3. The number of benzene rings is 6. The van der Waals surface area contributed by atoms with Crippen LogP contribution in [-0.2, 0) is 5.41 Å². The van der Waals surface area contributed by atoms with Crippen LogP contribution in [0.1, 0.15) is 43.2 Å². The van der Waals surface area contributed by atoms with Crippen LogP contribution in [0.25, 0.3) is 53.2 Å². The third kappa shape index (κ3) is 3.02. The first-order valence-electron chi connectivity index (χ1n) is 18.6. The van der Waals surface area contributed by atoms with E-state index in [4.69, 9.17) is 4.42 Å². The van der Waals surface area contributed by atoms with Gasteiger partial charge in [0.1, 0.15) is 11.2 Å². The molecule has 4 bridgehead atoms. The summed E-state index contributed by atoms with van der Waals surface area (Å²) in [7, 11) is 0. The minimum Gasteiger partial charge on any atom is -0.456 e. The van der Waals surface area contributed by atoms with Gasteiger partial charge in [-0.3, -0.25) is 0 Å². The van der Waals surface area contributed by atoms with Gasteiger partial charge in [0.15, 0.2) is 0 Å². The molecule has 0 radical (unpaired) electrons. The quantitative estimate of drug-likeness (QED) is 0.187. The summed E-state index contributed by atoms with van der Waals surface area (Å²) in [4.78, 5) is 2.54. The molecule has 0 aliphatic heterocycles. The minimum atomic E-state index is 0.136.